The highest BCUT2D eigenvalue weighted by Crippen LogP contribution is 2.34. The molecule has 1 saturated carbocycles. The standard InChI is InChI=1S/C25H36N2O5S/c1-17(2)9-10-20-11-12-24-22(13-20)32-23(15-26(5)25(29)21-7-6-8-21)18(3)14-27(19(4)16-28)33(24,30)31/h11-13,17-19,21,23,28H,6-8,14-16H2,1-5H3/t18-,19-,23+/m1/s1. The SMILES string of the molecule is CC(C)C#Cc1ccc2c(c1)O[C@@H](CN(C)C(=O)C1CCC1)[C@H](C)CN([C@H](C)CO)S2(=O)=O. The number of carbonyl (C=O) groups excluding carboxylic acids is 1. The van der Waals surface area contributed by atoms with Crippen molar-refractivity contribution in [2.24, 2.45) is 17.8 Å². The van der Waals surface area contributed by atoms with Gasteiger partial charge in [0.15, 0.2) is 0 Å². The maximum atomic E-state index is 13.5. The Morgan fingerprint density at radius 1 is 1.30 bits per heavy atom. The molecular formula is C25H36N2O5S. The van der Waals surface area contributed by atoms with Gasteiger partial charge in [-0.25, -0.2) is 8.42 Å². The molecule has 1 heterocycles. The van der Waals surface area contributed by atoms with Crippen molar-refractivity contribution in [3.05, 3.63) is 23.8 Å². The fourth-order valence-corrected chi connectivity index (χ4v) is 5.90. The molecule has 0 bridgehead atoms. The zero-order valence-corrected chi connectivity index (χ0v) is 21.1. The van der Waals surface area contributed by atoms with E-state index in [1.165, 1.54) is 10.4 Å². The van der Waals surface area contributed by atoms with Crippen LogP contribution in [0.5, 0.6) is 5.75 Å². The highest BCUT2D eigenvalue weighted by molar-refractivity contribution is 7.89. The fourth-order valence-electron chi connectivity index (χ4n) is 4.08. The Hall–Kier alpha value is -2.08. The van der Waals surface area contributed by atoms with Crippen LogP contribution in [0.2, 0.25) is 0 Å². The van der Waals surface area contributed by atoms with E-state index in [-0.39, 0.29) is 47.5 Å². The summed E-state index contributed by atoms with van der Waals surface area (Å²) in [6.07, 6.45) is 2.52. The Balaban J connectivity index is 2.01. The topological polar surface area (TPSA) is 87.2 Å². The quantitative estimate of drug-likeness (QED) is 0.661. The lowest BCUT2D eigenvalue weighted by Crippen LogP contribution is -2.50. The molecule has 3 atom stereocenters. The summed E-state index contributed by atoms with van der Waals surface area (Å²) in [5.74, 6) is 6.57. The minimum atomic E-state index is -3.89. The van der Waals surface area contributed by atoms with Crippen LogP contribution < -0.4 is 4.74 Å². The zero-order chi connectivity index (χ0) is 24.3. The van der Waals surface area contributed by atoms with Crippen molar-refractivity contribution < 1.29 is 23.1 Å². The first-order valence-corrected chi connectivity index (χ1v) is 13.2. The van der Waals surface area contributed by atoms with Crippen molar-refractivity contribution in [1.82, 2.24) is 9.21 Å². The van der Waals surface area contributed by atoms with Gasteiger partial charge in [0.25, 0.3) is 0 Å². The molecule has 1 aliphatic carbocycles. The van der Waals surface area contributed by atoms with Crippen LogP contribution in [0.1, 0.15) is 52.5 Å². The number of carbonyl (C=O) groups is 1. The predicted molar refractivity (Wildman–Crippen MR) is 127 cm³/mol. The van der Waals surface area contributed by atoms with Gasteiger partial charge in [0, 0.05) is 43.0 Å². The van der Waals surface area contributed by atoms with Gasteiger partial charge >= 0.3 is 0 Å². The molecule has 182 valence electrons. The van der Waals surface area contributed by atoms with Crippen molar-refractivity contribution in [2.45, 2.75) is 64.0 Å². The summed E-state index contributed by atoms with van der Waals surface area (Å²) < 4.78 is 34.7. The Labute approximate surface area is 198 Å². The third-order valence-electron chi connectivity index (χ3n) is 6.46. The molecule has 3 rings (SSSR count). The largest absolute Gasteiger partial charge is 0.487 e. The van der Waals surface area contributed by atoms with Crippen molar-refractivity contribution in [3.63, 3.8) is 0 Å². The van der Waals surface area contributed by atoms with Gasteiger partial charge in [-0.2, -0.15) is 4.31 Å². The Bertz CT molecular complexity index is 1020. The van der Waals surface area contributed by atoms with Gasteiger partial charge in [-0.15, -0.1) is 0 Å². The van der Waals surface area contributed by atoms with Gasteiger partial charge in [0.2, 0.25) is 15.9 Å². The monoisotopic (exact) mass is 476 g/mol. The molecule has 1 amide bonds. The lowest BCUT2D eigenvalue weighted by Gasteiger charge is -2.38. The molecule has 1 aromatic carbocycles. The number of ether oxygens (including phenoxy) is 1. The van der Waals surface area contributed by atoms with Crippen molar-refractivity contribution in [1.29, 1.82) is 0 Å². The lowest BCUT2D eigenvalue weighted by atomic mass is 9.84. The molecule has 33 heavy (non-hydrogen) atoms. The van der Waals surface area contributed by atoms with E-state index in [2.05, 4.69) is 11.8 Å². The second-order valence-corrected chi connectivity index (χ2v) is 11.5. The molecule has 1 aromatic rings. The fraction of sp³-hybridized carbons (Fsp3) is 0.640. The molecule has 0 unspecified atom stereocenters. The van der Waals surface area contributed by atoms with Crippen LogP contribution in [0, 0.1) is 29.6 Å². The van der Waals surface area contributed by atoms with Crippen LogP contribution in [0.3, 0.4) is 0 Å². The number of sulfonamides is 1. The number of fused-ring (bicyclic) bond motifs is 1. The van der Waals surface area contributed by atoms with Gasteiger partial charge in [-0.3, -0.25) is 4.79 Å². The second kappa shape index (κ2) is 10.5. The first kappa shape index (κ1) is 25.5. The molecule has 1 N–H and O–H groups in total. The number of nitrogens with zero attached hydrogens (tertiary/aromatic N) is 2. The number of rotatable bonds is 5. The van der Waals surface area contributed by atoms with Crippen molar-refractivity contribution in [3.8, 4) is 17.6 Å². The lowest BCUT2D eigenvalue weighted by molar-refractivity contribution is -0.138. The molecule has 0 spiro atoms. The molecule has 7 nitrogen and oxygen atoms in total. The van der Waals surface area contributed by atoms with Gasteiger partial charge < -0.3 is 14.7 Å². The third kappa shape index (κ3) is 5.71. The first-order valence-electron chi connectivity index (χ1n) is 11.7. The number of amides is 1. The van der Waals surface area contributed by atoms with Crippen LogP contribution in [0.15, 0.2) is 23.1 Å². The zero-order valence-electron chi connectivity index (χ0n) is 20.2. The summed E-state index contributed by atoms with van der Waals surface area (Å²) in [5.41, 5.74) is 0.672. The van der Waals surface area contributed by atoms with Crippen LogP contribution in [-0.4, -0.2) is 67.5 Å². The summed E-state index contributed by atoms with van der Waals surface area (Å²) in [5, 5.41) is 9.75. The van der Waals surface area contributed by atoms with E-state index in [1.54, 1.807) is 31.0 Å². The van der Waals surface area contributed by atoms with Gasteiger partial charge in [0.05, 0.1) is 13.2 Å². The summed E-state index contributed by atoms with van der Waals surface area (Å²) in [6, 6.07) is 4.30. The van der Waals surface area contributed by atoms with E-state index >= 15 is 0 Å². The maximum absolute atomic E-state index is 13.5. The summed E-state index contributed by atoms with van der Waals surface area (Å²) in [6.45, 7) is 7.85. The van der Waals surface area contributed by atoms with Gasteiger partial charge in [-0.1, -0.05) is 39.0 Å². The molecule has 0 aromatic heterocycles. The third-order valence-corrected chi connectivity index (χ3v) is 8.48. The average Bonchev–Trinajstić information content (AvgIpc) is 2.72. The Kier molecular flexibility index (Phi) is 8.09. The van der Waals surface area contributed by atoms with Gasteiger partial charge in [0.1, 0.15) is 16.7 Å². The highest BCUT2D eigenvalue weighted by Gasteiger charge is 2.39. The Morgan fingerprint density at radius 2 is 2.00 bits per heavy atom. The van der Waals surface area contributed by atoms with Crippen LogP contribution in [0.4, 0.5) is 0 Å². The number of hydrogen-bond donors (Lipinski definition) is 1. The maximum Gasteiger partial charge on any atom is 0.247 e. The highest BCUT2D eigenvalue weighted by atomic mass is 32.2. The Morgan fingerprint density at radius 3 is 2.58 bits per heavy atom. The average molecular weight is 477 g/mol. The summed E-state index contributed by atoms with van der Waals surface area (Å²) >= 11 is 0. The first-order chi connectivity index (χ1) is 15.5. The number of hydrogen-bond acceptors (Lipinski definition) is 5. The van der Waals surface area contributed by atoms with E-state index in [0.29, 0.717) is 12.1 Å². The molecule has 2 aliphatic rings. The van der Waals surface area contributed by atoms with Crippen LogP contribution >= 0.6 is 0 Å². The predicted octanol–water partition coefficient (Wildman–Crippen LogP) is 2.72. The number of benzene rings is 1. The normalized spacial score (nSPS) is 23.7. The minimum absolute atomic E-state index is 0.0581. The number of likely N-dealkylation sites (N-methyl/N-ethyl adjacent to an activating group) is 1. The summed E-state index contributed by atoms with van der Waals surface area (Å²) in [4.78, 5) is 14.5. The van der Waals surface area contributed by atoms with Crippen LogP contribution in [-0.2, 0) is 14.8 Å². The van der Waals surface area contributed by atoms with E-state index in [4.69, 9.17) is 4.74 Å². The molecule has 1 fully saturated rings. The van der Waals surface area contributed by atoms with Gasteiger partial charge in [-0.05, 0) is 38.0 Å². The number of aliphatic hydroxyl groups is 1. The van der Waals surface area contributed by atoms with Crippen LogP contribution in [0.25, 0.3) is 0 Å². The second-order valence-electron chi connectivity index (χ2n) is 9.67. The molecule has 1 aliphatic heterocycles. The van der Waals surface area contributed by atoms with E-state index in [9.17, 15) is 18.3 Å². The molecule has 0 saturated heterocycles. The van der Waals surface area contributed by atoms with Crippen molar-refractivity contribution in [2.75, 3.05) is 26.7 Å². The van der Waals surface area contributed by atoms with E-state index < -0.39 is 22.2 Å². The van der Waals surface area contributed by atoms with E-state index in [1.807, 2.05) is 20.8 Å². The summed E-state index contributed by atoms with van der Waals surface area (Å²) in [7, 11) is -2.11. The molecular weight excluding hydrogens is 440 g/mol. The minimum Gasteiger partial charge on any atom is -0.487 e. The van der Waals surface area contributed by atoms with Crippen molar-refractivity contribution >= 4 is 15.9 Å². The molecule has 0 radical (unpaired) electrons. The number of aliphatic hydroxyl groups excluding tert-OH is 1. The van der Waals surface area contributed by atoms with E-state index in [0.717, 1.165) is 19.3 Å². The molecule has 8 heteroatoms. The smallest absolute Gasteiger partial charge is 0.247 e.